The van der Waals surface area contributed by atoms with E-state index in [9.17, 15) is 9.59 Å². The first-order valence-electron chi connectivity index (χ1n) is 4.94. The average molecular weight is 199 g/mol. The Morgan fingerprint density at radius 1 is 1.64 bits per heavy atom. The van der Waals surface area contributed by atoms with E-state index < -0.39 is 0 Å². The highest BCUT2D eigenvalue weighted by molar-refractivity contribution is 5.86. The largest absolute Gasteiger partial charge is 0.469 e. The number of hydrogen-bond acceptors (Lipinski definition) is 3. The molecule has 0 aromatic carbocycles. The van der Waals surface area contributed by atoms with Gasteiger partial charge in [0, 0.05) is 13.6 Å². The molecule has 1 aliphatic heterocycles. The molecule has 0 aromatic heterocycles. The standard InChI is InChI=1S/C10H17NO3/c1-4-7-8(10(13)14-3)5-6-11(2)9(7)12/h7-8H,4-6H2,1-3H3/t7-,8-/m0/s1. The highest BCUT2D eigenvalue weighted by Gasteiger charge is 2.38. The minimum absolute atomic E-state index is 0.0640. The van der Waals surface area contributed by atoms with E-state index >= 15 is 0 Å². The fraction of sp³-hybridized carbons (Fsp3) is 0.800. The Morgan fingerprint density at radius 2 is 2.29 bits per heavy atom. The van der Waals surface area contributed by atoms with Crippen molar-refractivity contribution < 1.29 is 14.3 Å². The molecule has 2 atom stereocenters. The monoisotopic (exact) mass is 199 g/mol. The van der Waals surface area contributed by atoms with Crippen LogP contribution >= 0.6 is 0 Å². The fourth-order valence-corrected chi connectivity index (χ4v) is 1.99. The van der Waals surface area contributed by atoms with Crippen LogP contribution in [0.15, 0.2) is 0 Å². The lowest BCUT2D eigenvalue weighted by atomic mass is 9.83. The molecule has 80 valence electrons. The Balaban J connectivity index is 2.77. The Hall–Kier alpha value is -1.06. The predicted molar refractivity (Wildman–Crippen MR) is 51.5 cm³/mol. The normalized spacial score (nSPS) is 27.6. The van der Waals surface area contributed by atoms with Gasteiger partial charge in [-0.05, 0) is 12.8 Å². The van der Waals surface area contributed by atoms with E-state index in [2.05, 4.69) is 0 Å². The summed E-state index contributed by atoms with van der Waals surface area (Å²) in [6, 6.07) is 0. The van der Waals surface area contributed by atoms with Gasteiger partial charge in [0.2, 0.25) is 5.91 Å². The molecular weight excluding hydrogens is 182 g/mol. The molecule has 1 fully saturated rings. The van der Waals surface area contributed by atoms with Crippen LogP contribution in [0, 0.1) is 11.8 Å². The molecule has 14 heavy (non-hydrogen) atoms. The molecule has 0 aromatic rings. The van der Waals surface area contributed by atoms with Crippen LogP contribution in [-0.4, -0.2) is 37.5 Å². The minimum Gasteiger partial charge on any atom is -0.469 e. The van der Waals surface area contributed by atoms with Gasteiger partial charge in [-0.3, -0.25) is 9.59 Å². The molecule has 1 rings (SSSR count). The fourth-order valence-electron chi connectivity index (χ4n) is 1.99. The van der Waals surface area contributed by atoms with Gasteiger partial charge >= 0.3 is 5.97 Å². The van der Waals surface area contributed by atoms with Gasteiger partial charge in [-0.15, -0.1) is 0 Å². The minimum atomic E-state index is -0.252. The summed E-state index contributed by atoms with van der Waals surface area (Å²) in [5.74, 6) is -0.623. The van der Waals surface area contributed by atoms with E-state index in [4.69, 9.17) is 4.74 Å². The smallest absolute Gasteiger partial charge is 0.309 e. The molecule has 0 aliphatic carbocycles. The SMILES string of the molecule is CC[C@@H]1C(=O)N(C)CC[C@@H]1C(=O)OC. The molecule has 1 aliphatic rings. The predicted octanol–water partition coefficient (Wildman–Crippen LogP) is 0.664. The Kier molecular flexibility index (Phi) is 3.49. The van der Waals surface area contributed by atoms with Crippen LogP contribution in [0.25, 0.3) is 0 Å². The van der Waals surface area contributed by atoms with E-state index in [1.807, 2.05) is 6.92 Å². The lowest BCUT2D eigenvalue weighted by molar-refractivity contribution is -0.156. The number of carbonyl (C=O) groups excluding carboxylic acids is 2. The van der Waals surface area contributed by atoms with Gasteiger partial charge in [-0.1, -0.05) is 6.92 Å². The maximum absolute atomic E-state index is 11.7. The lowest BCUT2D eigenvalue weighted by Gasteiger charge is -2.33. The zero-order valence-electron chi connectivity index (χ0n) is 8.95. The topological polar surface area (TPSA) is 46.6 Å². The highest BCUT2D eigenvalue weighted by atomic mass is 16.5. The third kappa shape index (κ3) is 1.89. The van der Waals surface area contributed by atoms with Crippen LogP contribution in [0.1, 0.15) is 19.8 Å². The van der Waals surface area contributed by atoms with Crippen molar-refractivity contribution in [2.24, 2.45) is 11.8 Å². The van der Waals surface area contributed by atoms with Crippen LogP contribution in [0.2, 0.25) is 0 Å². The molecule has 1 heterocycles. The number of ether oxygens (including phenoxy) is 1. The van der Waals surface area contributed by atoms with E-state index in [1.54, 1.807) is 11.9 Å². The lowest BCUT2D eigenvalue weighted by Crippen LogP contribution is -2.45. The Morgan fingerprint density at radius 3 is 2.79 bits per heavy atom. The van der Waals surface area contributed by atoms with Gasteiger partial charge < -0.3 is 9.64 Å². The van der Waals surface area contributed by atoms with Crippen molar-refractivity contribution in [1.82, 2.24) is 4.90 Å². The van der Waals surface area contributed by atoms with Crippen molar-refractivity contribution in [3.63, 3.8) is 0 Å². The van der Waals surface area contributed by atoms with Crippen LogP contribution in [0.5, 0.6) is 0 Å². The van der Waals surface area contributed by atoms with E-state index in [1.165, 1.54) is 7.11 Å². The van der Waals surface area contributed by atoms with Crippen molar-refractivity contribution in [3.05, 3.63) is 0 Å². The number of piperidine rings is 1. The zero-order chi connectivity index (χ0) is 10.7. The summed E-state index contributed by atoms with van der Waals surface area (Å²) < 4.78 is 4.70. The van der Waals surface area contributed by atoms with Crippen LogP contribution in [0.4, 0.5) is 0 Å². The van der Waals surface area contributed by atoms with E-state index in [0.717, 1.165) is 0 Å². The molecule has 0 bridgehead atoms. The van der Waals surface area contributed by atoms with Gasteiger partial charge in [-0.2, -0.15) is 0 Å². The number of nitrogens with zero attached hydrogens (tertiary/aromatic N) is 1. The summed E-state index contributed by atoms with van der Waals surface area (Å²) in [4.78, 5) is 24.8. The molecule has 0 spiro atoms. The van der Waals surface area contributed by atoms with E-state index in [-0.39, 0.29) is 23.7 Å². The first-order valence-corrected chi connectivity index (χ1v) is 4.94. The molecule has 0 radical (unpaired) electrons. The molecule has 0 unspecified atom stereocenters. The number of hydrogen-bond donors (Lipinski definition) is 0. The van der Waals surface area contributed by atoms with Gasteiger partial charge in [-0.25, -0.2) is 0 Å². The maximum Gasteiger partial charge on any atom is 0.309 e. The second kappa shape index (κ2) is 4.44. The average Bonchev–Trinajstić information content (AvgIpc) is 2.20. The summed E-state index contributed by atoms with van der Waals surface area (Å²) in [5, 5.41) is 0. The molecule has 1 amide bonds. The van der Waals surface area contributed by atoms with Crippen molar-refractivity contribution >= 4 is 11.9 Å². The first kappa shape index (κ1) is 11.0. The second-order valence-electron chi connectivity index (χ2n) is 3.69. The second-order valence-corrected chi connectivity index (χ2v) is 3.69. The van der Waals surface area contributed by atoms with Crippen molar-refractivity contribution in [1.29, 1.82) is 0 Å². The summed E-state index contributed by atoms with van der Waals surface area (Å²) in [7, 11) is 3.15. The third-order valence-corrected chi connectivity index (χ3v) is 2.90. The molecule has 4 heteroatoms. The molecule has 1 saturated heterocycles. The van der Waals surface area contributed by atoms with Gasteiger partial charge in [0.1, 0.15) is 0 Å². The zero-order valence-corrected chi connectivity index (χ0v) is 8.95. The highest BCUT2D eigenvalue weighted by Crippen LogP contribution is 2.27. The number of carbonyl (C=O) groups is 2. The Bertz CT molecular complexity index is 240. The molecular formula is C10H17NO3. The molecule has 0 N–H and O–H groups in total. The number of esters is 1. The van der Waals surface area contributed by atoms with Crippen molar-refractivity contribution in [2.45, 2.75) is 19.8 Å². The quantitative estimate of drug-likeness (QED) is 0.614. The first-order chi connectivity index (χ1) is 6.61. The van der Waals surface area contributed by atoms with Crippen molar-refractivity contribution in [2.75, 3.05) is 20.7 Å². The number of methoxy groups -OCH3 is 1. The summed E-state index contributed by atoms with van der Waals surface area (Å²) in [6.45, 7) is 2.58. The Labute approximate surface area is 84.2 Å². The van der Waals surface area contributed by atoms with Gasteiger partial charge in [0.05, 0.1) is 18.9 Å². The summed E-state index contributed by atoms with van der Waals surface area (Å²) in [5.41, 5.74) is 0. The van der Waals surface area contributed by atoms with Gasteiger partial charge in [0.25, 0.3) is 0 Å². The maximum atomic E-state index is 11.7. The van der Waals surface area contributed by atoms with E-state index in [0.29, 0.717) is 19.4 Å². The third-order valence-electron chi connectivity index (χ3n) is 2.90. The van der Waals surface area contributed by atoms with Crippen LogP contribution in [0.3, 0.4) is 0 Å². The van der Waals surface area contributed by atoms with Crippen LogP contribution < -0.4 is 0 Å². The summed E-state index contributed by atoms with van der Waals surface area (Å²) in [6.07, 6.45) is 1.41. The molecule has 0 saturated carbocycles. The number of likely N-dealkylation sites (tertiary alicyclic amines) is 1. The van der Waals surface area contributed by atoms with Crippen molar-refractivity contribution in [3.8, 4) is 0 Å². The number of rotatable bonds is 2. The summed E-state index contributed by atoms with van der Waals surface area (Å²) >= 11 is 0. The number of amides is 1. The van der Waals surface area contributed by atoms with Crippen LogP contribution in [-0.2, 0) is 14.3 Å². The molecule has 4 nitrogen and oxygen atoms in total. The van der Waals surface area contributed by atoms with Gasteiger partial charge in [0.15, 0.2) is 0 Å².